The third kappa shape index (κ3) is 2.16. The number of hydrogen-bond donors (Lipinski definition) is 0. The highest BCUT2D eigenvalue weighted by atomic mass is 14.7. The van der Waals surface area contributed by atoms with Gasteiger partial charge in [-0.2, -0.15) is 0 Å². The van der Waals surface area contributed by atoms with Crippen LogP contribution in [0.2, 0.25) is 0 Å². The number of rotatable bonds is 0. The van der Waals surface area contributed by atoms with Gasteiger partial charge in [-0.05, 0) is 111 Å². The third-order valence-electron chi connectivity index (χ3n) is 10.0. The average Bonchev–Trinajstić information content (AvgIpc) is 3.08. The minimum absolute atomic E-state index is 1.16. The minimum Gasteiger partial charge on any atom is -0.0683 e. The largest absolute Gasteiger partial charge is 0.0683 e. The fourth-order valence-corrected chi connectivity index (χ4v) is 9.75. The lowest BCUT2D eigenvalue weighted by Gasteiger charge is -2.64. The van der Waals surface area contributed by atoms with E-state index in [1.54, 1.807) is 77.0 Å². The molecule has 0 N–H and O–H groups in total. The van der Waals surface area contributed by atoms with Crippen molar-refractivity contribution in [3.05, 3.63) is 0 Å². The molecule has 0 aromatic rings. The van der Waals surface area contributed by atoms with E-state index < -0.39 is 0 Å². The Morgan fingerprint density at radius 2 is 0.792 bits per heavy atom. The monoisotopic (exact) mass is 328 g/mol. The van der Waals surface area contributed by atoms with Gasteiger partial charge < -0.3 is 0 Å². The molecule has 0 heterocycles. The van der Waals surface area contributed by atoms with Gasteiger partial charge in [-0.25, -0.2) is 0 Å². The molecule has 6 atom stereocenters. The predicted octanol–water partition coefficient (Wildman–Crippen LogP) is 6.94. The normalized spacial score (nSPS) is 57.2. The van der Waals surface area contributed by atoms with Crippen molar-refractivity contribution in [1.82, 2.24) is 0 Å². The van der Waals surface area contributed by atoms with Crippen molar-refractivity contribution in [2.45, 2.75) is 90.9 Å². The first-order valence-corrected chi connectivity index (χ1v) is 11.9. The third-order valence-corrected chi connectivity index (χ3v) is 10.0. The molecule has 0 aliphatic heterocycles. The summed E-state index contributed by atoms with van der Waals surface area (Å²) in [7, 11) is 0. The molecule has 6 aliphatic carbocycles. The molecule has 0 aromatic carbocycles. The van der Waals surface area contributed by atoms with Gasteiger partial charge in [0.15, 0.2) is 0 Å². The lowest BCUT2D eigenvalue weighted by molar-refractivity contribution is -0.153. The van der Waals surface area contributed by atoms with Gasteiger partial charge in [0, 0.05) is 0 Å². The van der Waals surface area contributed by atoms with E-state index in [4.69, 9.17) is 0 Å². The maximum Gasteiger partial charge on any atom is -0.0318 e. The zero-order valence-corrected chi connectivity index (χ0v) is 16.3. The Hall–Kier alpha value is 0. The Balaban J connectivity index is 0.000000632. The SMILES string of the molecule is C1CC2CCCC3C4CCC5CCC6CCC(C(C1)C23)C4C65.CC. The van der Waals surface area contributed by atoms with Crippen molar-refractivity contribution in [3.8, 4) is 0 Å². The van der Waals surface area contributed by atoms with Gasteiger partial charge in [-0.3, -0.25) is 0 Å². The van der Waals surface area contributed by atoms with Gasteiger partial charge in [0.2, 0.25) is 0 Å². The topological polar surface area (TPSA) is 0 Å². The predicted molar refractivity (Wildman–Crippen MR) is 102 cm³/mol. The van der Waals surface area contributed by atoms with E-state index in [0.29, 0.717) is 0 Å². The molecule has 0 radical (unpaired) electrons. The maximum absolute atomic E-state index is 2.00. The Kier molecular flexibility index (Phi) is 4.26. The molecule has 0 heteroatoms. The number of hydrogen-bond acceptors (Lipinski definition) is 0. The quantitative estimate of drug-likeness (QED) is 0.452. The summed E-state index contributed by atoms with van der Waals surface area (Å²) in [6, 6.07) is 0. The van der Waals surface area contributed by atoms with Crippen LogP contribution < -0.4 is 0 Å². The van der Waals surface area contributed by atoms with Gasteiger partial charge in [0.1, 0.15) is 0 Å². The summed E-state index contributed by atoms with van der Waals surface area (Å²) in [6.45, 7) is 4.00. The molecule has 0 spiro atoms. The summed E-state index contributed by atoms with van der Waals surface area (Å²) in [5.74, 6) is 11.9. The van der Waals surface area contributed by atoms with Gasteiger partial charge in [0.05, 0.1) is 0 Å². The zero-order valence-electron chi connectivity index (χ0n) is 16.3. The summed E-state index contributed by atoms with van der Waals surface area (Å²) < 4.78 is 0. The Bertz CT molecular complexity index is 415. The van der Waals surface area contributed by atoms with Crippen LogP contribution in [0.5, 0.6) is 0 Å². The van der Waals surface area contributed by atoms with Crippen molar-refractivity contribution < 1.29 is 0 Å². The van der Waals surface area contributed by atoms with Crippen LogP contribution in [0.3, 0.4) is 0 Å². The summed E-state index contributed by atoms with van der Waals surface area (Å²) in [5, 5.41) is 0. The van der Waals surface area contributed by atoms with Crippen molar-refractivity contribution in [2.24, 2.45) is 59.2 Å². The summed E-state index contributed by atoms with van der Waals surface area (Å²) in [5.41, 5.74) is 0. The van der Waals surface area contributed by atoms with Crippen molar-refractivity contribution >= 4 is 0 Å². The molecule has 0 nitrogen and oxygen atoms in total. The summed E-state index contributed by atoms with van der Waals surface area (Å²) in [4.78, 5) is 0. The van der Waals surface area contributed by atoms with E-state index in [9.17, 15) is 0 Å². The Labute approximate surface area is 150 Å². The maximum atomic E-state index is 2.00. The standard InChI is InChI=1S/C22H34.C2H6/c1-3-13-4-2-6-17-19-12-10-15-8-7-14-9-11-18(22(19)20(14)15)16(5-1)21(13)17;1-2/h13-22H,1-12H2;1-2H3. The number of fused-ring (bicyclic) bond motifs is 2. The van der Waals surface area contributed by atoms with Crippen LogP contribution in [0.1, 0.15) is 90.9 Å². The van der Waals surface area contributed by atoms with E-state index in [-0.39, 0.29) is 0 Å². The van der Waals surface area contributed by atoms with Gasteiger partial charge >= 0.3 is 0 Å². The molecule has 6 saturated carbocycles. The van der Waals surface area contributed by atoms with Crippen LogP contribution >= 0.6 is 0 Å². The van der Waals surface area contributed by atoms with E-state index in [0.717, 1.165) is 5.92 Å². The van der Waals surface area contributed by atoms with Crippen molar-refractivity contribution in [3.63, 3.8) is 0 Å². The van der Waals surface area contributed by atoms with E-state index in [1.807, 2.05) is 13.8 Å². The Morgan fingerprint density at radius 1 is 0.375 bits per heavy atom. The highest BCUT2D eigenvalue weighted by molar-refractivity contribution is 5.09. The van der Waals surface area contributed by atoms with Gasteiger partial charge in [0.25, 0.3) is 0 Å². The van der Waals surface area contributed by atoms with Crippen LogP contribution in [0.25, 0.3) is 0 Å². The van der Waals surface area contributed by atoms with E-state index in [1.165, 1.54) is 53.3 Å². The molecule has 6 rings (SSSR count). The van der Waals surface area contributed by atoms with Crippen molar-refractivity contribution in [2.75, 3.05) is 0 Å². The average molecular weight is 329 g/mol. The molecule has 0 aromatic heterocycles. The van der Waals surface area contributed by atoms with Gasteiger partial charge in [-0.15, -0.1) is 0 Å². The van der Waals surface area contributed by atoms with E-state index in [2.05, 4.69) is 0 Å². The first-order chi connectivity index (χ1) is 11.9. The second-order valence-corrected chi connectivity index (χ2v) is 10.3. The van der Waals surface area contributed by atoms with E-state index >= 15 is 0 Å². The lowest BCUT2D eigenvalue weighted by Crippen LogP contribution is -2.57. The van der Waals surface area contributed by atoms with Crippen LogP contribution in [0.4, 0.5) is 0 Å². The van der Waals surface area contributed by atoms with Crippen LogP contribution in [0.15, 0.2) is 0 Å². The minimum atomic E-state index is 1.16. The molecule has 0 bridgehead atoms. The van der Waals surface area contributed by atoms with Crippen LogP contribution in [0, 0.1) is 59.2 Å². The fourth-order valence-electron chi connectivity index (χ4n) is 9.75. The highest BCUT2D eigenvalue weighted by Gasteiger charge is 2.61. The van der Waals surface area contributed by atoms with Crippen LogP contribution in [-0.4, -0.2) is 0 Å². The first kappa shape index (κ1) is 16.2. The lowest BCUT2D eigenvalue weighted by atomic mass is 9.41. The molecule has 6 fully saturated rings. The molecule has 0 amide bonds. The second-order valence-electron chi connectivity index (χ2n) is 10.3. The summed E-state index contributed by atoms with van der Waals surface area (Å²) >= 11 is 0. The summed E-state index contributed by atoms with van der Waals surface area (Å²) in [6.07, 6.45) is 19.5. The highest BCUT2D eigenvalue weighted by Crippen LogP contribution is 2.68. The first-order valence-electron chi connectivity index (χ1n) is 11.9. The molecule has 136 valence electrons. The molecule has 6 unspecified atom stereocenters. The van der Waals surface area contributed by atoms with Crippen LogP contribution in [-0.2, 0) is 0 Å². The Morgan fingerprint density at radius 3 is 1.33 bits per heavy atom. The fraction of sp³-hybridized carbons (Fsp3) is 1.00. The zero-order chi connectivity index (χ0) is 16.3. The molecular formula is C24H40. The molecule has 6 aliphatic rings. The van der Waals surface area contributed by atoms with Crippen molar-refractivity contribution in [1.29, 1.82) is 0 Å². The molecule has 0 saturated heterocycles. The second kappa shape index (κ2) is 6.31. The van der Waals surface area contributed by atoms with Gasteiger partial charge in [-0.1, -0.05) is 39.5 Å². The molecular weight excluding hydrogens is 288 g/mol. The molecule has 24 heavy (non-hydrogen) atoms. The smallest absolute Gasteiger partial charge is 0.0318 e.